The zero-order valence-electron chi connectivity index (χ0n) is 14.9. The summed E-state index contributed by atoms with van der Waals surface area (Å²) in [5, 5.41) is 10.3. The van der Waals surface area contributed by atoms with E-state index in [-0.39, 0.29) is 42.6 Å². The first kappa shape index (κ1) is 17.7. The fourth-order valence-corrected chi connectivity index (χ4v) is 4.47. The van der Waals surface area contributed by atoms with Gasteiger partial charge in [0.05, 0.1) is 43.5 Å². The van der Waals surface area contributed by atoms with E-state index in [1.165, 1.54) is 0 Å². The molecule has 7 heteroatoms. The first-order valence-corrected chi connectivity index (χ1v) is 9.36. The lowest BCUT2D eigenvalue weighted by molar-refractivity contribution is -0.200. The number of hydrogen-bond acceptors (Lipinski definition) is 7. The lowest BCUT2D eigenvalue weighted by atomic mass is 9.90. The normalized spacial score (nSPS) is 46.7. The van der Waals surface area contributed by atoms with Crippen LogP contribution < -0.4 is 0 Å². The van der Waals surface area contributed by atoms with Gasteiger partial charge in [0.15, 0.2) is 5.79 Å². The molecule has 0 spiro atoms. The molecular weight excluding hydrogens is 328 g/mol. The molecule has 0 radical (unpaired) electrons. The standard InChI is InChI=1S/C18H28O7/c1-18(2)21-9-16(25-18)15-4-10(19)3-11(23-15)5-12-6-13-7-14(22-12)8-17(20)24-13/h10-16,19H,3-9H2,1-2H3/t10-,11-,12-,13-,14+,15+,16-/m0/s1. The highest BCUT2D eigenvalue weighted by atomic mass is 16.7. The number of hydrogen-bond donors (Lipinski definition) is 1. The monoisotopic (exact) mass is 356 g/mol. The van der Waals surface area contributed by atoms with Gasteiger partial charge in [-0.3, -0.25) is 4.79 Å². The third-order valence-corrected chi connectivity index (χ3v) is 5.51. The molecule has 4 rings (SSSR count). The highest BCUT2D eigenvalue weighted by Crippen LogP contribution is 2.35. The molecule has 1 N–H and O–H groups in total. The number of fused-ring (bicyclic) bond motifs is 2. The van der Waals surface area contributed by atoms with Crippen molar-refractivity contribution in [1.82, 2.24) is 0 Å². The van der Waals surface area contributed by atoms with Crippen LogP contribution in [0.5, 0.6) is 0 Å². The van der Waals surface area contributed by atoms with Crippen molar-refractivity contribution in [3.63, 3.8) is 0 Å². The second-order valence-corrected chi connectivity index (χ2v) is 8.19. The minimum atomic E-state index is -0.597. The van der Waals surface area contributed by atoms with Gasteiger partial charge in [0.1, 0.15) is 12.2 Å². The Morgan fingerprint density at radius 3 is 2.56 bits per heavy atom. The van der Waals surface area contributed by atoms with Crippen LogP contribution in [-0.2, 0) is 28.5 Å². The predicted molar refractivity (Wildman–Crippen MR) is 85.8 cm³/mol. The van der Waals surface area contributed by atoms with Gasteiger partial charge in [0, 0.05) is 25.7 Å². The van der Waals surface area contributed by atoms with Crippen LogP contribution in [0.25, 0.3) is 0 Å². The van der Waals surface area contributed by atoms with E-state index in [9.17, 15) is 9.90 Å². The molecular formula is C18H28O7. The Hall–Kier alpha value is -0.730. The summed E-state index contributed by atoms with van der Waals surface area (Å²) in [7, 11) is 0. The number of carbonyl (C=O) groups is 1. The second kappa shape index (κ2) is 6.78. The molecule has 4 fully saturated rings. The first-order valence-electron chi connectivity index (χ1n) is 9.36. The highest BCUT2D eigenvalue weighted by Gasteiger charge is 2.43. The van der Waals surface area contributed by atoms with Crippen molar-refractivity contribution in [3.05, 3.63) is 0 Å². The lowest BCUT2D eigenvalue weighted by Gasteiger charge is -2.41. The van der Waals surface area contributed by atoms with E-state index in [1.807, 2.05) is 13.8 Å². The number of aliphatic hydroxyl groups excluding tert-OH is 1. The molecule has 7 atom stereocenters. The van der Waals surface area contributed by atoms with Gasteiger partial charge in [-0.2, -0.15) is 0 Å². The number of aliphatic hydroxyl groups is 1. The molecule has 4 heterocycles. The van der Waals surface area contributed by atoms with Gasteiger partial charge < -0.3 is 28.8 Å². The Balaban J connectivity index is 1.34. The average molecular weight is 356 g/mol. The molecule has 0 aromatic carbocycles. The third-order valence-electron chi connectivity index (χ3n) is 5.51. The van der Waals surface area contributed by atoms with Gasteiger partial charge in [0.25, 0.3) is 0 Å². The van der Waals surface area contributed by atoms with E-state index < -0.39 is 11.9 Å². The van der Waals surface area contributed by atoms with Crippen molar-refractivity contribution >= 4 is 5.97 Å². The quantitative estimate of drug-likeness (QED) is 0.763. The molecule has 142 valence electrons. The van der Waals surface area contributed by atoms with Crippen LogP contribution in [0.3, 0.4) is 0 Å². The Labute approximate surface area is 147 Å². The maximum atomic E-state index is 11.5. The lowest BCUT2D eigenvalue weighted by Crippen LogP contribution is -2.48. The Morgan fingerprint density at radius 2 is 1.84 bits per heavy atom. The molecule has 0 aromatic rings. The second-order valence-electron chi connectivity index (χ2n) is 8.19. The fraction of sp³-hybridized carbons (Fsp3) is 0.944. The molecule has 0 amide bonds. The minimum Gasteiger partial charge on any atom is -0.462 e. The number of rotatable bonds is 3. The molecule has 0 saturated carbocycles. The van der Waals surface area contributed by atoms with Crippen LogP contribution in [0.1, 0.15) is 52.4 Å². The van der Waals surface area contributed by atoms with Gasteiger partial charge in [-0.15, -0.1) is 0 Å². The number of esters is 1. The SMILES string of the molecule is CC1(C)OC[C@@H]([C@H]2C[C@@H](O)C[C@@H](C[C@H]3C[C@H]4C[C@H](CC(=O)O4)O3)O2)O1. The van der Waals surface area contributed by atoms with Crippen molar-refractivity contribution < 1.29 is 33.6 Å². The Kier molecular flexibility index (Phi) is 4.79. The molecule has 0 unspecified atom stereocenters. The van der Waals surface area contributed by atoms with Gasteiger partial charge in [-0.05, 0) is 20.3 Å². The first-order chi connectivity index (χ1) is 11.9. The molecule has 0 aliphatic carbocycles. The van der Waals surface area contributed by atoms with Crippen LogP contribution in [-0.4, -0.2) is 66.2 Å². The van der Waals surface area contributed by atoms with Crippen LogP contribution >= 0.6 is 0 Å². The van der Waals surface area contributed by atoms with E-state index in [0.29, 0.717) is 38.7 Å². The van der Waals surface area contributed by atoms with Crippen molar-refractivity contribution in [3.8, 4) is 0 Å². The van der Waals surface area contributed by atoms with Crippen molar-refractivity contribution in [2.24, 2.45) is 0 Å². The third kappa shape index (κ3) is 4.17. The van der Waals surface area contributed by atoms with Gasteiger partial charge >= 0.3 is 5.97 Å². The summed E-state index contributed by atoms with van der Waals surface area (Å²) >= 11 is 0. The van der Waals surface area contributed by atoms with E-state index in [1.54, 1.807) is 0 Å². The van der Waals surface area contributed by atoms with Gasteiger partial charge in [0.2, 0.25) is 0 Å². The summed E-state index contributed by atoms with van der Waals surface area (Å²) in [6.45, 7) is 4.26. The van der Waals surface area contributed by atoms with Crippen LogP contribution in [0.15, 0.2) is 0 Å². The summed E-state index contributed by atoms with van der Waals surface area (Å²) in [5.41, 5.74) is 0. The summed E-state index contributed by atoms with van der Waals surface area (Å²) in [4.78, 5) is 11.5. The maximum absolute atomic E-state index is 11.5. The molecule has 7 nitrogen and oxygen atoms in total. The van der Waals surface area contributed by atoms with Crippen LogP contribution in [0, 0.1) is 0 Å². The summed E-state index contributed by atoms with van der Waals surface area (Å²) in [5.74, 6) is -0.759. The van der Waals surface area contributed by atoms with E-state index >= 15 is 0 Å². The molecule has 2 bridgehead atoms. The summed E-state index contributed by atoms with van der Waals surface area (Å²) in [6.07, 6.45) is 2.82. The van der Waals surface area contributed by atoms with E-state index in [4.69, 9.17) is 23.7 Å². The molecule has 4 aliphatic rings. The average Bonchev–Trinajstić information content (AvgIpc) is 2.85. The number of ether oxygens (including phenoxy) is 5. The maximum Gasteiger partial charge on any atom is 0.308 e. The van der Waals surface area contributed by atoms with Crippen LogP contribution in [0.2, 0.25) is 0 Å². The van der Waals surface area contributed by atoms with Crippen molar-refractivity contribution in [2.75, 3.05) is 6.61 Å². The molecule has 4 saturated heterocycles. The van der Waals surface area contributed by atoms with E-state index in [2.05, 4.69) is 0 Å². The number of carbonyl (C=O) groups excluding carboxylic acids is 1. The highest BCUT2D eigenvalue weighted by molar-refractivity contribution is 5.71. The van der Waals surface area contributed by atoms with Gasteiger partial charge in [-0.1, -0.05) is 0 Å². The van der Waals surface area contributed by atoms with E-state index in [0.717, 1.165) is 6.42 Å². The van der Waals surface area contributed by atoms with Crippen LogP contribution in [0.4, 0.5) is 0 Å². The van der Waals surface area contributed by atoms with Crippen molar-refractivity contribution in [2.45, 2.75) is 101 Å². The molecule has 25 heavy (non-hydrogen) atoms. The molecule has 0 aromatic heterocycles. The predicted octanol–water partition coefficient (Wildman–Crippen LogP) is 1.30. The zero-order chi connectivity index (χ0) is 17.6. The largest absolute Gasteiger partial charge is 0.462 e. The minimum absolute atomic E-state index is 0.00462. The van der Waals surface area contributed by atoms with Gasteiger partial charge in [-0.25, -0.2) is 0 Å². The summed E-state index contributed by atoms with van der Waals surface area (Å²) in [6, 6.07) is 0. The van der Waals surface area contributed by atoms with Crippen molar-refractivity contribution in [1.29, 1.82) is 0 Å². The topological polar surface area (TPSA) is 83.5 Å². The fourth-order valence-electron chi connectivity index (χ4n) is 4.47. The smallest absolute Gasteiger partial charge is 0.308 e. The zero-order valence-corrected chi connectivity index (χ0v) is 14.9. The molecule has 4 aliphatic heterocycles. The Bertz CT molecular complexity index is 492. The summed E-state index contributed by atoms with van der Waals surface area (Å²) < 4.78 is 29.2. The Morgan fingerprint density at radius 1 is 1.04 bits per heavy atom.